The summed E-state index contributed by atoms with van der Waals surface area (Å²) < 4.78 is 25.1. The van der Waals surface area contributed by atoms with Gasteiger partial charge in [-0.2, -0.15) is 0 Å². The normalized spacial score (nSPS) is 11.0. The van der Waals surface area contributed by atoms with E-state index in [1.54, 1.807) is 44.2 Å². The van der Waals surface area contributed by atoms with Crippen LogP contribution in [0.3, 0.4) is 0 Å². The molecule has 0 aliphatic heterocycles. The molecule has 2 rings (SSSR count). The van der Waals surface area contributed by atoms with E-state index < -0.39 is 29.3 Å². The fraction of sp³-hybridized carbons (Fsp3) is 0.345. The molecule has 0 aliphatic rings. The molecule has 2 aromatic rings. The summed E-state index contributed by atoms with van der Waals surface area (Å²) in [7, 11) is 1.28. The third-order valence-electron chi connectivity index (χ3n) is 5.57. The molecule has 0 atom stereocenters. The van der Waals surface area contributed by atoms with Crippen molar-refractivity contribution in [2.45, 2.75) is 40.0 Å². The molecule has 0 amide bonds. The first-order valence-electron chi connectivity index (χ1n) is 12.3. The van der Waals surface area contributed by atoms with Crippen LogP contribution in [0.25, 0.3) is 6.08 Å². The largest absolute Gasteiger partial charge is 0.466 e. The Morgan fingerprint density at radius 2 is 1.33 bits per heavy atom. The second-order valence-corrected chi connectivity index (χ2v) is 8.91. The van der Waals surface area contributed by atoms with Crippen LogP contribution >= 0.6 is 0 Å². The Morgan fingerprint density at radius 3 is 1.95 bits per heavy atom. The predicted molar refractivity (Wildman–Crippen MR) is 140 cm³/mol. The van der Waals surface area contributed by atoms with E-state index >= 15 is 0 Å². The van der Waals surface area contributed by atoms with Crippen molar-refractivity contribution in [3.8, 4) is 11.5 Å². The summed E-state index contributed by atoms with van der Waals surface area (Å²) in [6.07, 6.45) is 3.05. The van der Waals surface area contributed by atoms with Crippen LogP contribution in [0.2, 0.25) is 0 Å². The van der Waals surface area contributed by atoms with Crippen LogP contribution in [0, 0.1) is 5.41 Å². The van der Waals surface area contributed by atoms with Crippen LogP contribution in [-0.4, -0.2) is 50.2 Å². The van der Waals surface area contributed by atoms with E-state index in [-0.39, 0.29) is 43.3 Å². The molecule has 0 radical (unpaired) electrons. The summed E-state index contributed by atoms with van der Waals surface area (Å²) in [6, 6.07) is 12.2. The van der Waals surface area contributed by atoms with E-state index in [4.69, 9.17) is 18.9 Å². The SMILES string of the molecule is CCC(C)(C)C(=O)OCCOC(=O)CCC(=O)Oc1ccc(C(=O)Oc2ccc(/C=C/C(=O)OC)cc2)cc1. The van der Waals surface area contributed by atoms with E-state index in [1.165, 1.54) is 37.5 Å². The summed E-state index contributed by atoms with van der Waals surface area (Å²) in [6.45, 7) is 5.24. The van der Waals surface area contributed by atoms with Crippen molar-refractivity contribution < 1.29 is 47.7 Å². The fourth-order valence-corrected chi connectivity index (χ4v) is 2.79. The standard InChI is InChI=1S/C29H32O10/c1-5-29(2,3)28(34)37-19-18-36-25(31)16-17-26(32)38-22-13-9-21(10-14-22)27(33)39-23-11-6-20(7-12-23)8-15-24(30)35-4/h6-15H,5,16-19H2,1-4H3/b15-8+. The zero-order valence-corrected chi connectivity index (χ0v) is 22.4. The van der Waals surface area contributed by atoms with Crippen molar-refractivity contribution in [2.75, 3.05) is 20.3 Å². The summed E-state index contributed by atoms with van der Waals surface area (Å²) in [5, 5.41) is 0. The summed E-state index contributed by atoms with van der Waals surface area (Å²) in [4.78, 5) is 59.3. The van der Waals surface area contributed by atoms with Crippen LogP contribution in [0.4, 0.5) is 0 Å². The molecule has 208 valence electrons. The molecule has 39 heavy (non-hydrogen) atoms. The second-order valence-electron chi connectivity index (χ2n) is 8.91. The monoisotopic (exact) mass is 540 g/mol. The van der Waals surface area contributed by atoms with Crippen molar-refractivity contribution in [3.63, 3.8) is 0 Å². The molecular formula is C29H32O10. The number of carbonyl (C=O) groups is 5. The van der Waals surface area contributed by atoms with Crippen molar-refractivity contribution >= 4 is 35.9 Å². The van der Waals surface area contributed by atoms with Gasteiger partial charge < -0.3 is 23.7 Å². The lowest BCUT2D eigenvalue weighted by atomic mass is 9.91. The first kappa shape index (κ1) is 30.8. The molecule has 10 nitrogen and oxygen atoms in total. The van der Waals surface area contributed by atoms with Gasteiger partial charge in [-0.05, 0) is 68.3 Å². The molecule has 0 fully saturated rings. The molecule has 0 heterocycles. The van der Waals surface area contributed by atoms with Crippen molar-refractivity contribution in [1.29, 1.82) is 0 Å². The molecule has 10 heteroatoms. The molecule has 2 aromatic carbocycles. The highest BCUT2D eigenvalue weighted by atomic mass is 16.6. The molecule has 0 N–H and O–H groups in total. The lowest BCUT2D eigenvalue weighted by molar-refractivity contribution is -0.159. The number of esters is 5. The van der Waals surface area contributed by atoms with Gasteiger partial charge >= 0.3 is 29.8 Å². The van der Waals surface area contributed by atoms with Gasteiger partial charge in [0.1, 0.15) is 24.7 Å². The summed E-state index contributed by atoms with van der Waals surface area (Å²) in [5.74, 6) is -2.24. The Morgan fingerprint density at radius 1 is 0.769 bits per heavy atom. The Labute approximate surface area is 226 Å². The molecule has 0 unspecified atom stereocenters. The minimum Gasteiger partial charge on any atom is -0.466 e. The van der Waals surface area contributed by atoms with E-state index in [9.17, 15) is 24.0 Å². The van der Waals surface area contributed by atoms with E-state index in [2.05, 4.69) is 4.74 Å². The quantitative estimate of drug-likeness (QED) is 0.119. The zero-order valence-electron chi connectivity index (χ0n) is 22.4. The topological polar surface area (TPSA) is 132 Å². The van der Waals surface area contributed by atoms with Gasteiger partial charge in [-0.1, -0.05) is 19.1 Å². The third kappa shape index (κ3) is 10.8. The Hall–Kier alpha value is -4.47. The first-order chi connectivity index (χ1) is 18.5. The molecule has 0 bridgehead atoms. The van der Waals surface area contributed by atoms with Crippen LogP contribution in [0.1, 0.15) is 56.0 Å². The number of ether oxygens (including phenoxy) is 5. The molecule has 0 saturated carbocycles. The first-order valence-corrected chi connectivity index (χ1v) is 12.3. The number of rotatable bonds is 13. The van der Waals surface area contributed by atoms with Crippen molar-refractivity contribution in [2.24, 2.45) is 5.41 Å². The van der Waals surface area contributed by atoms with Crippen LogP contribution < -0.4 is 9.47 Å². The average molecular weight is 541 g/mol. The lowest BCUT2D eigenvalue weighted by Crippen LogP contribution is -2.27. The van der Waals surface area contributed by atoms with Crippen LogP contribution in [0.15, 0.2) is 54.6 Å². The molecular weight excluding hydrogens is 508 g/mol. The van der Waals surface area contributed by atoms with Gasteiger partial charge in [0.15, 0.2) is 0 Å². The highest BCUT2D eigenvalue weighted by Crippen LogP contribution is 2.21. The second kappa shape index (κ2) is 15.1. The minimum absolute atomic E-state index is 0.0626. The average Bonchev–Trinajstić information content (AvgIpc) is 2.93. The van der Waals surface area contributed by atoms with Crippen LogP contribution in [0.5, 0.6) is 11.5 Å². The van der Waals surface area contributed by atoms with Gasteiger partial charge in [-0.15, -0.1) is 0 Å². The zero-order chi connectivity index (χ0) is 28.8. The van der Waals surface area contributed by atoms with Crippen molar-refractivity contribution in [1.82, 2.24) is 0 Å². The minimum atomic E-state index is -0.653. The number of hydrogen-bond acceptors (Lipinski definition) is 10. The highest BCUT2D eigenvalue weighted by Gasteiger charge is 2.26. The van der Waals surface area contributed by atoms with E-state index in [0.717, 1.165) is 5.56 Å². The number of benzene rings is 2. The predicted octanol–water partition coefficient (Wildman–Crippen LogP) is 4.30. The molecule has 0 aromatic heterocycles. The van der Waals surface area contributed by atoms with Gasteiger partial charge in [0.2, 0.25) is 0 Å². The Bertz CT molecular complexity index is 1180. The third-order valence-corrected chi connectivity index (χ3v) is 5.57. The number of methoxy groups -OCH3 is 1. The molecule has 0 saturated heterocycles. The Kier molecular flexibility index (Phi) is 11.9. The van der Waals surface area contributed by atoms with Gasteiger partial charge in [0.05, 0.1) is 30.9 Å². The van der Waals surface area contributed by atoms with Gasteiger partial charge in [0.25, 0.3) is 0 Å². The lowest BCUT2D eigenvalue weighted by Gasteiger charge is -2.20. The number of hydrogen-bond donors (Lipinski definition) is 0. The molecule has 0 aliphatic carbocycles. The highest BCUT2D eigenvalue weighted by molar-refractivity contribution is 5.91. The maximum atomic E-state index is 12.4. The van der Waals surface area contributed by atoms with E-state index in [1.807, 2.05) is 6.92 Å². The smallest absolute Gasteiger partial charge is 0.343 e. The summed E-state index contributed by atoms with van der Waals surface area (Å²) in [5.41, 5.74) is 0.346. The Balaban J connectivity index is 1.73. The summed E-state index contributed by atoms with van der Waals surface area (Å²) >= 11 is 0. The van der Waals surface area contributed by atoms with E-state index in [0.29, 0.717) is 12.2 Å². The van der Waals surface area contributed by atoms with Gasteiger partial charge in [0, 0.05) is 6.08 Å². The van der Waals surface area contributed by atoms with Crippen LogP contribution in [-0.2, 0) is 33.4 Å². The maximum Gasteiger partial charge on any atom is 0.343 e. The van der Waals surface area contributed by atoms with Gasteiger partial charge in [-0.25, -0.2) is 9.59 Å². The van der Waals surface area contributed by atoms with Gasteiger partial charge in [-0.3, -0.25) is 14.4 Å². The number of carbonyl (C=O) groups excluding carboxylic acids is 5. The maximum absolute atomic E-state index is 12.4. The molecule has 0 spiro atoms. The fourth-order valence-electron chi connectivity index (χ4n) is 2.79. The van der Waals surface area contributed by atoms with Crippen molar-refractivity contribution in [3.05, 3.63) is 65.7 Å².